The molecular formula is C27H23F13N2O8. The van der Waals surface area contributed by atoms with Gasteiger partial charge in [0.2, 0.25) is 0 Å². The molecule has 1 heterocycles. The highest BCUT2D eigenvalue weighted by atomic mass is 19.4. The van der Waals surface area contributed by atoms with Crippen LogP contribution in [0, 0.1) is 10.1 Å². The average molecular weight is 750 g/mol. The third kappa shape index (κ3) is 7.59. The number of nitrogens with one attached hydrogen (secondary N) is 1. The monoisotopic (exact) mass is 750 g/mol. The van der Waals surface area contributed by atoms with Crippen LogP contribution in [0.4, 0.5) is 62.8 Å². The second-order valence-electron chi connectivity index (χ2n) is 10.4. The SMILES string of the molecule is COC(=O)C1=C(COC(C)=O)NC(C)=C(C(=O)OCCCC(F)(F)C(F)(F)C(F)(F)C(F)(F)C(F)(F)C(F)(F)F)C1c1cccc([N+](=O)[O-])c1. The third-order valence-electron chi connectivity index (χ3n) is 6.97. The van der Waals surface area contributed by atoms with Crippen LogP contribution in [0.2, 0.25) is 0 Å². The summed E-state index contributed by atoms with van der Waals surface area (Å²) in [5, 5.41) is 13.9. The van der Waals surface area contributed by atoms with Crippen molar-refractivity contribution in [2.45, 2.75) is 68.4 Å². The Morgan fingerprint density at radius 2 is 1.40 bits per heavy atom. The predicted octanol–water partition coefficient (Wildman–Crippen LogP) is 6.61. The van der Waals surface area contributed by atoms with Gasteiger partial charge in [-0.1, -0.05) is 12.1 Å². The molecule has 50 heavy (non-hydrogen) atoms. The second kappa shape index (κ2) is 14.3. The predicted molar refractivity (Wildman–Crippen MR) is 138 cm³/mol. The van der Waals surface area contributed by atoms with E-state index in [1.165, 1.54) is 0 Å². The number of carbonyl (C=O) groups excluding carboxylic acids is 3. The first-order valence-corrected chi connectivity index (χ1v) is 13.4. The van der Waals surface area contributed by atoms with Crippen LogP contribution < -0.4 is 5.32 Å². The number of benzene rings is 1. The average Bonchev–Trinajstić information content (AvgIpc) is 3.00. The molecule has 0 amide bonds. The van der Waals surface area contributed by atoms with Crippen molar-refractivity contribution in [3.8, 4) is 0 Å². The van der Waals surface area contributed by atoms with E-state index in [0.717, 1.165) is 45.2 Å². The van der Waals surface area contributed by atoms with E-state index < -0.39 is 107 Å². The van der Waals surface area contributed by atoms with Gasteiger partial charge in [0.1, 0.15) is 6.61 Å². The number of dihydropyridines is 1. The van der Waals surface area contributed by atoms with Crippen LogP contribution in [-0.2, 0) is 28.6 Å². The largest absolute Gasteiger partial charge is 0.466 e. The van der Waals surface area contributed by atoms with Gasteiger partial charge >= 0.3 is 53.7 Å². The molecular weight excluding hydrogens is 727 g/mol. The van der Waals surface area contributed by atoms with E-state index in [0.29, 0.717) is 0 Å². The van der Waals surface area contributed by atoms with Crippen molar-refractivity contribution in [1.29, 1.82) is 0 Å². The van der Waals surface area contributed by atoms with Crippen LogP contribution in [-0.4, -0.2) is 78.9 Å². The Hall–Kier alpha value is -4.60. The summed E-state index contributed by atoms with van der Waals surface area (Å²) in [7, 11) is 0.867. The number of hydrogen-bond acceptors (Lipinski definition) is 9. The number of carbonyl (C=O) groups is 3. The lowest BCUT2D eigenvalue weighted by Crippen LogP contribution is -2.70. The van der Waals surface area contributed by atoms with Crippen LogP contribution in [0.15, 0.2) is 46.8 Å². The van der Waals surface area contributed by atoms with Crippen LogP contribution >= 0.6 is 0 Å². The van der Waals surface area contributed by atoms with Crippen molar-refractivity contribution < 1.29 is 90.6 Å². The minimum atomic E-state index is -8.07. The van der Waals surface area contributed by atoms with Crippen molar-refractivity contribution in [3.05, 3.63) is 62.5 Å². The normalized spacial score (nSPS) is 16.5. The summed E-state index contributed by atoms with van der Waals surface area (Å²) in [5.74, 6) is -43.2. The molecule has 0 radical (unpaired) electrons. The van der Waals surface area contributed by atoms with Gasteiger partial charge in [0, 0.05) is 31.2 Å². The van der Waals surface area contributed by atoms with Gasteiger partial charge < -0.3 is 19.5 Å². The number of esters is 3. The van der Waals surface area contributed by atoms with Gasteiger partial charge in [-0.3, -0.25) is 14.9 Å². The van der Waals surface area contributed by atoms with Crippen LogP contribution in [0.5, 0.6) is 0 Å². The number of methoxy groups -OCH3 is 1. The molecule has 0 saturated heterocycles. The summed E-state index contributed by atoms with van der Waals surface area (Å²) in [5.41, 5.74) is -2.40. The molecule has 23 heteroatoms. The van der Waals surface area contributed by atoms with Gasteiger partial charge in [0.15, 0.2) is 0 Å². The molecule has 0 aromatic heterocycles. The van der Waals surface area contributed by atoms with E-state index in [9.17, 15) is 81.6 Å². The first-order valence-electron chi connectivity index (χ1n) is 13.4. The number of non-ortho nitro benzene ring substituents is 1. The number of nitro groups is 1. The van der Waals surface area contributed by atoms with Crippen molar-refractivity contribution in [2.75, 3.05) is 20.3 Å². The van der Waals surface area contributed by atoms with E-state index in [1.807, 2.05) is 0 Å². The summed E-state index contributed by atoms with van der Waals surface area (Å²) < 4.78 is 188. The highest BCUT2D eigenvalue weighted by Crippen LogP contribution is 2.60. The molecule has 280 valence electrons. The van der Waals surface area contributed by atoms with E-state index >= 15 is 0 Å². The zero-order valence-corrected chi connectivity index (χ0v) is 25.3. The van der Waals surface area contributed by atoms with Gasteiger partial charge in [-0.2, -0.15) is 57.1 Å². The number of allylic oxidation sites excluding steroid dienone is 1. The number of hydrogen-bond donors (Lipinski definition) is 1. The lowest BCUT2D eigenvalue weighted by molar-refractivity contribution is -0.440. The molecule has 2 rings (SSSR count). The van der Waals surface area contributed by atoms with Crippen LogP contribution in [0.25, 0.3) is 0 Å². The van der Waals surface area contributed by atoms with Gasteiger partial charge in [-0.15, -0.1) is 0 Å². The minimum absolute atomic E-state index is 0.197. The Bertz CT molecular complexity index is 1570. The quantitative estimate of drug-likeness (QED) is 0.0557. The maximum Gasteiger partial charge on any atom is 0.460 e. The Morgan fingerprint density at radius 3 is 1.90 bits per heavy atom. The first kappa shape index (κ1) is 41.6. The van der Waals surface area contributed by atoms with Gasteiger partial charge in [0.25, 0.3) is 5.69 Å². The molecule has 1 N–H and O–H groups in total. The van der Waals surface area contributed by atoms with E-state index in [1.54, 1.807) is 0 Å². The lowest BCUT2D eigenvalue weighted by atomic mass is 9.80. The Kier molecular flexibility index (Phi) is 11.9. The Morgan fingerprint density at radius 1 is 0.840 bits per heavy atom. The van der Waals surface area contributed by atoms with Crippen molar-refractivity contribution in [3.63, 3.8) is 0 Å². The van der Waals surface area contributed by atoms with Crippen molar-refractivity contribution in [1.82, 2.24) is 5.32 Å². The van der Waals surface area contributed by atoms with E-state index in [-0.39, 0.29) is 17.0 Å². The fourth-order valence-corrected chi connectivity index (χ4v) is 4.45. The molecule has 0 aliphatic carbocycles. The number of nitro benzene ring substituents is 1. The summed E-state index contributed by atoms with van der Waals surface area (Å²) >= 11 is 0. The van der Waals surface area contributed by atoms with Gasteiger partial charge in [-0.25, -0.2) is 9.59 Å². The third-order valence-corrected chi connectivity index (χ3v) is 6.97. The first-order chi connectivity index (χ1) is 22.6. The zero-order chi connectivity index (χ0) is 38.8. The van der Waals surface area contributed by atoms with Crippen LogP contribution in [0.1, 0.15) is 38.2 Å². The van der Waals surface area contributed by atoms with Gasteiger partial charge in [0.05, 0.1) is 41.4 Å². The number of rotatable bonds is 14. The molecule has 1 aromatic rings. The Balaban J connectivity index is 2.43. The second-order valence-corrected chi connectivity index (χ2v) is 10.4. The fourth-order valence-electron chi connectivity index (χ4n) is 4.45. The van der Waals surface area contributed by atoms with Gasteiger partial charge in [-0.05, 0) is 18.9 Å². The Labute approximate surface area is 271 Å². The van der Waals surface area contributed by atoms with E-state index in [4.69, 9.17) is 14.2 Å². The molecule has 0 fully saturated rings. The lowest BCUT2D eigenvalue weighted by Gasteiger charge is -2.39. The smallest absolute Gasteiger partial charge is 0.460 e. The molecule has 1 aromatic carbocycles. The maximum atomic E-state index is 14.2. The molecule has 0 spiro atoms. The molecule has 1 atom stereocenters. The minimum Gasteiger partial charge on any atom is -0.466 e. The molecule has 1 aliphatic rings. The highest BCUT2D eigenvalue weighted by Gasteiger charge is 2.90. The highest BCUT2D eigenvalue weighted by molar-refractivity contribution is 6.00. The van der Waals surface area contributed by atoms with Crippen molar-refractivity contribution >= 4 is 23.6 Å². The van der Waals surface area contributed by atoms with E-state index in [2.05, 4.69) is 5.32 Å². The summed E-state index contributed by atoms with van der Waals surface area (Å²) in [6.07, 6.45) is -11.8. The number of alkyl halides is 13. The number of nitrogens with zero attached hydrogens (tertiary/aromatic N) is 1. The standard InChI is InChI=1S/C27H23F13N2O8/c1-12-17(18(14-6-4-7-15(10-14)42(46)47)19(20(44)48-3)16(41-12)11-50-13(2)43)21(45)49-9-5-8-22(28,29)23(30,31)24(32,33)25(34,35)26(36,37)27(38,39)40/h4,6-7,10,18,41H,5,8-9,11H2,1-3H3. The summed E-state index contributed by atoms with van der Waals surface area (Å²) in [6, 6.07) is 4.15. The van der Waals surface area contributed by atoms with Crippen molar-refractivity contribution in [2.24, 2.45) is 0 Å². The molecule has 1 unspecified atom stereocenters. The molecule has 0 bridgehead atoms. The maximum absolute atomic E-state index is 14.2. The molecule has 10 nitrogen and oxygen atoms in total. The summed E-state index contributed by atoms with van der Waals surface area (Å²) in [4.78, 5) is 48.0. The van der Waals surface area contributed by atoms with Crippen LogP contribution in [0.3, 0.4) is 0 Å². The zero-order valence-electron chi connectivity index (χ0n) is 25.3. The topological polar surface area (TPSA) is 134 Å². The number of halogens is 13. The molecule has 1 aliphatic heterocycles. The summed E-state index contributed by atoms with van der Waals surface area (Å²) in [6.45, 7) is -0.000991. The molecule has 0 saturated carbocycles. The fraction of sp³-hybridized carbons (Fsp3) is 0.519. The number of ether oxygens (including phenoxy) is 3.